The monoisotopic (exact) mass is 410 g/mol. The normalized spacial score (nSPS) is 18.3. The van der Waals surface area contributed by atoms with Crippen LogP contribution in [0.2, 0.25) is 0 Å². The summed E-state index contributed by atoms with van der Waals surface area (Å²) in [5.41, 5.74) is 0.988. The van der Waals surface area contributed by atoms with Crippen molar-refractivity contribution in [1.82, 2.24) is 9.80 Å². The first-order valence-electron chi connectivity index (χ1n) is 9.70. The molecule has 1 unspecified atom stereocenters. The molecule has 1 atom stereocenters. The Labute approximate surface area is 175 Å². The molecule has 3 rings (SSSR count). The van der Waals surface area contributed by atoms with Crippen molar-refractivity contribution in [3.8, 4) is 11.5 Å². The molecule has 0 spiro atoms. The van der Waals surface area contributed by atoms with Crippen LogP contribution in [-0.4, -0.2) is 66.0 Å². The van der Waals surface area contributed by atoms with Crippen molar-refractivity contribution < 1.29 is 24.5 Å². The molecule has 7 nitrogen and oxygen atoms in total. The first kappa shape index (κ1) is 21.4. The summed E-state index contributed by atoms with van der Waals surface area (Å²) in [5, 5.41) is 20.9. The van der Waals surface area contributed by atoms with Gasteiger partial charge in [0, 0.05) is 12.1 Å². The molecule has 1 fully saturated rings. The van der Waals surface area contributed by atoms with Crippen molar-refractivity contribution >= 4 is 17.4 Å². The number of likely N-dealkylation sites (tertiary alicyclic amines) is 1. The SMILES string of the molecule is COc1ccc(/C(O)=C2/C(=O)C(=O)N(CCCN(C)C)C2c2cccc(O)c2)cc1. The first-order chi connectivity index (χ1) is 14.3. The number of phenols is 1. The maximum Gasteiger partial charge on any atom is 0.295 e. The summed E-state index contributed by atoms with van der Waals surface area (Å²) in [6.07, 6.45) is 0.665. The number of phenolic OH excluding ortho intramolecular Hbond substituents is 1. The summed E-state index contributed by atoms with van der Waals surface area (Å²) < 4.78 is 5.14. The largest absolute Gasteiger partial charge is 0.508 e. The number of nitrogens with zero attached hydrogens (tertiary/aromatic N) is 2. The van der Waals surface area contributed by atoms with E-state index < -0.39 is 17.7 Å². The highest BCUT2D eigenvalue weighted by molar-refractivity contribution is 6.46. The van der Waals surface area contributed by atoms with E-state index in [-0.39, 0.29) is 17.1 Å². The molecule has 1 aliphatic heterocycles. The molecule has 2 N–H and O–H groups in total. The summed E-state index contributed by atoms with van der Waals surface area (Å²) in [4.78, 5) is 29.2. The van der Waals surface area contributed by atoms with Gasteiger partial charge in [-0.1, -0.05) is 12.1 Å². The number of hydrogen-bond acceptors (Lipinski definition) is 6. The predicted molar refractivity (Wildman–Crippen MR) is 113 cm³/mol. The van der Waals surface area contributed by atoms with E-state index in [4.69, 9.17) is 4.74 Å². The lowest BCUT2D eigenvalue weighted by Crippen LogP contribution is -2.32. The fourth-order valence-corrected chi connectivity index (χ4v) is 3.61. The fraction of sp³-hybridized carbons (Fsp3) is 0.304. The van der Waals surface area contributed by atoms with Crippen molar-refractivity contribution in [3.63, 3.8) is 0 Å². The lowest BCUT2D eigenvalue weighted by atomic mass is 9.95. The van der Waals surface area contributed by atoms with E-state index in [0.717, 1.165) is 6.54 Å². The first-order valence-corrected chi connectivity index (χ1v) is 9.70. The molecule has 1 amide bonds. The van der Waals surface area contributed by atoms with Gasteiger partial charge in [-0.3, -0.25) is 9.59 Å². The Kier molecular flexibility index (Phi) is 6.42. The van der Waals surface area contributed by atoms with Crippen LogP contribution < -0.4 is 4.74 Å². The Bertz CT molecular complexity index is 966. The molecular formula is C23H26N2O5. The average molecular weight is 410 g/mol. The molecule has 0 aromatic heterocycles. The van der Waals surface area contributed by atoms with Gasteiger partial charge < -0.3 is 24.7 Å². The van der Waals surface area contributed by atoms with Crippen LogP contribution in [0.15, 0.2) is 54.1 Å². The molecule has 0 bridgehead atoms. The van der Waals surface area contributed by atoms with Gasteiger partial charge in [0.05, 0.1) is 18.7 Å². The van der Waals surface area contributed by atoms with E-state index in [2.05, 4.69) is 0 Å². The number of methoxy groups -OCH3 is 1. The number of aliphatic hydroxyl groups excluding tert-OH is 1. The third-order valence-electron chi connectivity index (χ3n) is 5.09. The van der Waals surface area contributed by atoms with Crippen molar-refractivity contribution in [2.75, 3.05) is 34.3 Å². The Morgan fingerprint density at radius 3 is 2.43 bits per heavy atom. The molecule has 2 aromatic carbocycles. The average Bonchev–Trinajstić information content (AvgIpc) is 2.98. The second-order valence-electron chi connectivity index (χ2n) is 7.47. The van der Waals surface area contributed by atoms with E-state index in [9.17, 15) is 19.8 Å². The number of carbonyl (C=O) groups is 2. The van der Waals surface area contributed by atoms with Gasteiger partial charge in [-0.25, -0.2) is 0 Å². The highest BCUT2D eigenvalue weighted by Gasteiger charge is 2.45. The molecule has 7 heteroatoms. The summed E-state index contributed by atoms with van der Waals surface area (Å²) in [6.45, 7) is 1.09. The van der Waals surface area contributed by atoms with E-state index in [1.807, 2.05) is 19.0 Å². The molecule has 2 aromatic rings. The van der Waals surface area contributed by atoms with Crippen LogP contribution >= 0.6 is 0 Å². The number of rotatable bonds is 7. The zero-order valence-electron chi connectivity index (χ0n) is 17.3. The van der Waals surface area contributed by atoms with E-state index >= 15 is 0 Å². The zero-order chi connectivity index (χ0) is 21.8. The van der Waals surface area contributed by atoms with Crippen LogP contribution in [0, 0.1) is 0 Å². The third-order valence-corrected chi connectivity index (χ3v) is 5.09. The molecule has 0 aliphatic carbocycles. The Balaban J connectivity index is 2.08. The molecule has 1 aliphatic rings. The Hall–Kier alpha value is -3.32. The van der Waals surface area contributed by atoms with Crippen LogP contribution in [0.3, 0.4) is 0 Å². The maximum absolute atomic E-state index is 12.9. The zero-order valence-corrected chi connectivity index (χ0v) is 17.3. The summed E-state index contributed by atoms with van der Waals surface area (Å²) in [6, 6.07) is 12.2. The Morgan fingerprint density at radius 1 is 1.13 bits per heavy atom. The summed E-state index contributed by atoms with van der Waals surface area (Å²) in [7, 11) is 5.41. The van der Waals surface area contributed by atoms with Gasteiger partial charge in [-0.15, -0.1) is 0 Å². The molecule has 158 valence electrons. The van der Waals surface area contributed by atoms with E-state index in [1.54, 1.807) is 36.4 Å². The van der Waals surface area contributed by atoms with Gasteiger partial charge >= 0.3 is 0 Å². The van der Waals surface area contributed by atoms with E-state index in [0.29, 0.717) is 29.8 Å². The number of ether oxygens (including phenoxy) is 1. The predicted octanol–water partition coefficient (Wildman–Crippen LogP) is 2.77. The van der Waals surface area contributed by atoms with E-state index in [1.165, 1.54) is 24.1 Å². The minimum Gasteiger partial charge on any atom is -0.508 e. The van der Waals surface area contributed by atoms with Crippen LogP contribution in [0.1, 0.15) is 23.6 Å². The number of aromatic hydroxyl groups is 1. The second-order valence-corrected chi connectivity index (χ2v) is 7.47. The molecule has 0 radical (unpaired) electrons. The molecule has 0 saturated carbocycles. The van der Waals surface area contributed by atoms with Crippen LogP contribution in [0.4, 0.5) is 0 Å². The van der Waals surface area contributed by atoms with Gasteiger partial charge in [0.15, 0.2) is 0 Å². The number of carbonyl (C=O) groups excluding carboxylic acids is 2. The molecule has 1 heterocycles. The highest BCUT2D eigenvalue weighted by atomic mass is 16.5. The molecule has 1 saturated heterocycles. The molecule has 30 heavy (non-hydrogen) atoms. The number of aliphatic hydroxyl groups is 1. The lowest BCUT2D eigenvalue weighted by molar-refractivity contribution is -0.139. The topological polar surface area (TPSA) is 90.3 Å². The number of hydrogen-bond donors (Lipinski definition) is 2. The highest BCUT2D eigenvalue weighted by Crippen LogP contribution is 2.40. The summed E-state index contributed by atoms with van der Waals surface area (Å²) >= 11 is 0. The fourth-order valence-electron chi connectivity index (χ4n) is 3.61. The van der Waals surface area contributed by atoms with Gasteiger partial charge in [0.25, 0.3) is 11.7 Å². The number of benzene rings is 2. The van der Waals surface area contributed by atoms with Crippen LogP contribution in [-0.2, 0) is 9.59 Å². The number of ketones is 1. The second kappa shape index (κ2) is 9.00. The van der Waals surface area contributed by atoms with Gasteiger partial charge in [-0.05, 0) is 69.0 Å². The number of amides is 1. The van der Waals surface area contributed by atoms with Crippen molar-refractivity contribution in [1.29, 1.82) is 0 Å². The van der Waals surface area contributed by atoms with Gasteiger partial charge in [0.1, 0.15) is 17.3 Å². The van der Waals surface area contributed by atoms with Gasteiger partial charge in [-0.2, -0.15) is 0 Å². The minimum atomic E-state index is -0.777. The summed E-state index contributed by atoms with van der Waals surface area (Å²) in [5.74, 6) is -1.01. The number of Topliss-reactive ketones (excluding diaryl/α,β-unsaturated/α-hetero) is 1. The van der Waals surface area contributed by atoms with Crippen molar-refractivity contribution in [2.24, 2.45) is 0 Å². The molecular weight excluding hydrogens is 384 g/mol. The lowest BCUT2D eigenvalue weighted by Gasteiger charge is -2.26. The van der Waals surface area contributed by atoms with Crippen molar-refractivity contribution in [3.05, 3.63) is 65.2 Å². The standard InChI is InChI=1S/C23H26N2O5/c1-24(2)12-5-13-25-20(16-6-4-7-17(26)14-16)19(22(28)23(25)29)21(27)15-8-10-18(30-3)11-9-15/h4,6-11,14,20,26-27H,5,12-13H2,1-3H3/b21-19-. The quantitative estimate of drug-likeness (QED) is 0.414. The van der Waals surface area contributed by atoms with Crippen LogP contribution in [0.5, 0.6) is 11.5 Å². The smallest absolute Gasteiger partial charge is 0.295 e. The van der Waals surface area contributed by atoms with Crippen LogP contribution in [0.25, 0.3) is 5.76 Å². The minimum absolute atomic E-state index is 0.0145. The maximum atomic E-state index is 12.9. The Morgan fingerprint density at radius 2 is 1.83 bits per heavy atom. The third kappa shape index (κ3) is 4.31. The van der Waals surface area contributed by atoms with Gasteiger partial charge in [0.2, 0.25) is 0 Å². The van der Waals surface area contributed by atoms with Crippen molar-refractivity contribution in [2.45, 2.75) is 12.5 Å².